The van der Waals surface area contributed by atoms with E-state index in [0.717, 1.165) is 10.9 Å². The lowest BCUT2D eigenvalue weighted by atomic mass is 9.81. The summed E-state index contributed by atoms with van der Waals surface area (Å²) in [5.74, 6) is -1.05. The average molecular weight is 325 g/mol. The third kappa shape index (κ3) is 3.58. The van der Waals surface area contributed by atoms with Crippen LogP contribution in [0.4, 0.5) is 0 Å². The van der Waals surface area contributed by atoms with Crippen LogP contribution < -0.4 is 5.32 Å². The standard InChI is InChI=1S/C20H23NO3/c1-13(17-11-6-14-4-2-3-5-18(14)12-17)21-19(22)15-7-9-16(10-8-15)20(23)24/h2-6,11-13,15-16H,7-10H2,1H3,(H,21,22)(H,23,24). The van der Waals surface area contributed by atoms with Gasteiger partial charge in [0.1, 0.15) is 0 Å². The van der Waals surface area contributed by atoms with E-state index in [1.807, 2.05) is 19.1 Å². The third-order valence-corrected chi connectivity index (χ3v) is 5.08. The molecule has 4 heteroatoms. The van der Waals surface area contributed by atoms with Crippen molar-refractivity contribution in [1.29, 1.82) is 0 Å². The molecule has 1 fully saturated rings. The normalized spacial score (nSPS) is 22.0. The van der Waals surface area contributed by atoms with Crippen molar-refractivity contribution in [2.45, 2.75) is 38.6 Å². The monoisotopic (exact) mass is 325 g/mol. The second kappa shape index (κ2) is 7.04. The van der Waals surface area contributed by atoms with Crippen LogP contribution in [0.15, 0.2) is 42.5 Å². The summed E-state index contributed by atoms with van der Waals surface area (Å²) in [5.41, 5.74) is 1.08. The first-order valence-corrected chi connectivity index (χ1v) is 8.56. The lowest BCUT2D eigenvalue weighted by molar-refractivity contribution is -0.144. The number of benzene rings is 2. The van der Waals surface area contributed by atoms with Crippen molar-refractivity contribution in [3.05, 3.63) is 48.0 Å². The number of aliphatic carboxylic acids is 1. The molecule has 0 bridgehead atoms. The number of amides is 1. The second-order valence-electron chi connectivity index (χ2n) is 6.72. The first kappa shape index (κ1) is 16.5. The van der Waals surface area contributed by atoms with Crippen molar-refractivity contribution < 1.29 is 14.7 Å². The predicted molar refractivity (Wildman–Crippen MR) is 93.6 cm³/mol. The van der Waals surface area contributed by atoms with Gasteiger partial charge in [0.05, 0.1) is 12.0 Å². The Morgan fingerprint density at radius 3 is 2.29 bits per heavy atom. The molecular weight excluding hydrogens is 302 g/mol. The van der Waals surface area contributed by atoms with Crippen molar-refractivity contribution in [1.82, 2.24) is 5.32 Å². The highest BCUT2D eigenvalue weighted by Gasteiger charge is 2.30. The summed E-state index contributed by atoms with van der Waals surface area (Å²) < 4.78 is 0. The van der Waals surface area contributed by atoms with Gasteiger partial charge in [-0.15, -0.1) is 0 Å². The molecule has 0 spiro atoms. The topological polar surface area (TPSA) is 66.4 Å². The van der Waals surface area contributed by atoms with Gasteiger partial charge in [-0.3, -0.25) is 9.59 Å². The molecule has 2 N–H and O–H groups in total. The van der Waals surface area contributed by atoms with E-state index in [1.165, 1.54) is 5.39 Å². The number of nitrogens with one attached hydrogen (secondary N) is 1. The van der Waals surface area contributed by atoms with E-state index in [0.29, 0.717) is 25.7 Å². The lowest BCUT2D eigenvalue weighted by Crippen LogP contribution is -2.35. The molecule has 0 saturated heterocycles. The highest BCUT2D eigenvalue weighted by molar-refractivity contribution is 5.84. The van der Waals surface area contributed by atoms with E-state index in [2.05, 4.69) is 35.6 Å². The molecule has 1 aliphatic carbocycles. The molecule has 0 aliphatic heterocycles. The van der Waals surface area contributed by atoms with Gasteiger partial charge in [0.15, 0.2) is 0 Å². The fraction of sp³-hybridized carbons (Fsp3) is 0.400. The summed E-state index contributed by atoms with van der Waals surface area (Å²) >= 11 is 0. The first-order valence-electron chi connectivity index (χ1n) is 8.56. The Labute approximate surface area is 141 Å². The summed E-state index contributed by atoms with van der Waals surface area (Å²) in [4.78, 5) is 23.5. The zero-order chi connectivity index (χ0) is 17.1. The largest absolute Gasteiger partial charge is 0.481 e. The quantitative estimate of drug-likeness (QED) is 0.895. The van der Waals surface area contributed by atoms with Crippen molar-refractivity contribution >= 4 is 22.6 Å². The van der Waals surface area contributed by atoms with E-state index in [4.69, 9.17) is 5.11 Å². The van der Waals surface area contributed by atoms with E-state index < -0.39 is 5.97 Å². The van der Waals surface area contributed by atoms with Crippen molar-refractivity contribution in [2.24, 2.45) is 11.8 Å². The van der Waals surface area contributed by atoms with Crippen LogP contribution in [-0.4, -0.2) is 17.0 Å². The molecule has 4 nitrogen and oxygen atoms in total. The Morgan fingerprint density at radius 1 is 1.00 bits per heavy atom. The molecular formula is C20H23NO3. The Morgan fingerprint density at radius 2 is 1.62 bits per heavy atom. The van der Waals surface area contributed by atoms with Crippen LogP contribution in [0.5, 0.6) is 0 Å². The molecule has 2 aromatic carbocycles. The van der Waals surface area contributed by atoms with E-state index in [-0.39, 0.29) is 23.8 Å². The summed E-state index contributed by atoms with van der Waals surface area (Å²) in [5, 5.41) is 14.5. The van der Waals surface area contributed by atoms with Gasteiger partial charge in [0.2, 0.25) is 5.91 Å². The molecule has 2 aromatic rings. The van der Waals surface area contributed by atoms with Gasteiger partial charge in [0.25, 0.3) is 0 Å². The SMILES string of the molecule is CC(NC(=O)C1CCC(C(=O)O)CC1)c1ccc2ccccc2c1. The number of hydrogen-bond donors (Lipinski definition) is 2. The molecule has 1 atom stereocenters. The number of rotatable bonds is 4. The van der Waals surface area contributed by atoms with Gasteiger partial charge in [0, 0.05) is 5.92 Å². The number of hydrogen-bond acceptors (Lipinski definition) is 2. The molecule has 1 amide bonds. The Hall–Kier alpha value is -2.36. The van der Waals surface area contributed by atoms with Crippen LogP contribution in [0.1, 0.15) is 44.2 Å². The number of fused-ring (bicyclic) bond motifs is 1. The van der Waals surface area contributed by atoms with Gasteiger partial charge < -0.3 is 10.4 Å². The maximum absolute atomic E-state index is 12.5. The van der Waals surface area contributed by atoms with Crippen LogP contribution in [0.2, 0.25) is 0 Å². The molecule has 126 valence electrons. The van der Waals surface area contributed by atoms with Crippen LogP contribution in [0.25, 0.3) is 10.8 Å². The van der Waals surface area contributed by atoms with Crippen LogP contribution in [-0.2, 0) is 9.59 Å². The summed E-state index contributed by atoms with van der Waals surface area (Å²) in [6.07, 6.45) is 2.51. The molecule has 24 heavy (non-hydrogen) atoms. The van der Waals surface area contributed by atoms with E-state index >= 15 is 0 Å². The van der Waals surface area contributed by atoms with Crippen molar-refractivity contribution in [2.75, 3.05) is 0 Å². The minimum Gasteiger partial charge on any atom is -0.481 e. The maximum Gasteiger partial charge on any atom is 0.306 e. The zero-order valence-corrected chi connectivity index (χ0v) is 13.9. The highest BCUT2D eigenvalue weighted by atomic mass is 16.4. The number of carbonyl (C=O) groups is 2. The summed E-state index contributed by atoms with van der Waals surface area (Å²) in [6, 6.07) is 14.3. The molecule has 1 aliphatic rings. The van der Waals surface area contributed by atoms with Gasteiger partial charge in [-0.25, -0.2) is 0 Å². The summed E-state index contributed by atoms with van der Waals surface area (Å²) in [6.45, 7) is 1.99. The number of carbonyl (C=O) groups excluding carboxylic acids is 1. The molecule has 3 rings (SSSR count). The molecule has 0 aromatic heterocycles. The van der Waals surface area contributed by atoms with Crippen molar-refractivity contribution in [3.63, 3.8) is 0 Å². The van der Waals surface area contributed by atoms with E-state index in [1.54, 1.807) is 0 Å². The minimum absolute atomic E-state index is 0.0412. The minimum atomic E-state index is -0.738. The number of carboxylic acid groups (broad SMARTS) is 1. The van der Waals surface area contributed by atoms with Crippen LogP contribution >= 0.6 is 0 Å². The maximum atomic E-state index is 12.5. The smallest absolute Gasteiger partial charge is 0.306 e. The summed E-state index contributed by atoms with van der Waals surface area (Å²) in [7, 11) is 0. The Bertz CT molecular complexity index is 747. The molecule has 1 saturated carbocycles. The predicted octanol–water partition coefficient (Wildman–Crippen LogP) is 3.91. The third-order valence-electron chi connectivity index (χ3n) is 5.08. The first-order chi connectivity index (χ1) is 11.5. The van der Waals surface area contributed by atoms with Gasteiger partial charge >= 0.3 is 5.97 Å². The molecule has 0 heterocycles. The fourth-order valence-corrected chi connectivity index (χ4v) is 3.49. The Balaban J connectivity index is 1.62. The highest BCUT2D eigenvalue weighted by Crippen LogP contribution is 2.30. The van der Waals surface area contributed by atoms with Crippen LogP contribution in [0, 0.1) is 11.8 Å². The number of carboxylic acids is 1. The molecule has 0 radical (unpaired) electrons. The van der Waals surface area contributed by atoms with Gasteiger partial charge in [-0.2, -0.15) is 0 Å². The average Bonchev–Trinajstić information content (AvgIpc) is 2.61. The van der Waals surface area contributed by atoms with Gasteiger partial charge in [-0.05, 0) is 55.0 Å². The Kier molecular flexibility index (Phi) is 4.84. The lowest BCUT2D eigenvalue weighted by Gasteiger charge is -2.26. The zero-order valence-electron chi connectivity index (χ0n) is 13.9. The fourth-order valence-electron chi connectivity index (χ4n) is 3.49. The second-order valence-corrected chi connectivity index (χ2v) is 6.72. The van der Waals surface area contributed by atoms with Crippen LogP contribution in [0.3, 0.4) is 0 Å². The van der Waals surface area contributed by atoms with E-state index in [9.17, 15) is 9.59 Å². The molecule has 1 unspecified atom stereocenters. The van der Waals surface area contributed by atoms with Crippen molar-refractivity contribution in [3.8, 4) is 0 Å². The van der Waals surface area contributed by atoms with Gasteiger partial charge in [-0.1, -0.05) is 36.4 Å².